The van der Waals surface area contributed by atoms with Gasteiger partial charge in [0, 0.05) is 36.5 Å². The van der Waals surface area contributed by atoms with E-state index in [1.807, 2.05) is 69.4 Å². The molecule has 0 spiro atoms. The van der Waals surface area contributed by atoms with Crippen LogP contribution in [0.1, 0.15) is 53.6 Å². The molecule has 1 aliphatic heterocycles. The summed E-state index contributed by atoms with van der Waals surface area (Å²) in [5, 5.41) is 3.18. The Balaban J connectivity index is 1.51. The number of benzene rings is 2. The molecule has 1 aromatic heterocycles. The van der Waals surface area contributed by atoms with E-state index in [0.29, 0.717) is 12.0 Å². The van der Waals surface area contributed by atoms with E-state index < -0.39 is 0 Å². The van der Waals surface area contributed by atoms with Gasteiger partial charge in [-0.15, -0.1) is 0 Å². The first kappa shape index (κ1) is 20.0. The number of methoxy groups -OCH3 is 1. The monoisotopic (exact) mass is 405 g/mol. The van der Waals surface area contributed by atoms with Gasteiger partial charge in [0.2, 0.25) is 0 Å². The van der Waals surface area contributed by atoms with Gasteiger partial charge in [0.25, 0.3) is 5.91 Å². The van der Waals surface area contributed by atoms with Gasteiger partial charge in [-0.25, -0.2) is 4.98 Å². The minimum Gasteiger partial charge on any atom is -0.497 e. The number of amides is 1. The maximum Gasteiger partial charge on any atom is 0.251 e. The molecule has 0 saturated carbocycles. The maximum absolute atomic E-state index is 13.0. The molecule has 6 nitrogen and oxygen atoms in total. The Morgan fingerprint density at radius 3 is 2.70 bits per heavy atom. The summed E-state index contributed by atoms with van der Waals surface area (Å²) in [5.41, 5.74) is 2.32. The number of fused-ring (bicyclic) bond motifs is 1. The van der Waals surface area contributed by atoms with Crippen LogP contribution in [0.15, 0.2) is 54.9 Å². The second-order valence-corrected chi connectivity index (χ2v) is 8.29. The van der Waals surface area contributed by atoms with Crippen molar-refractivity contribution in [2.45, 2.75) is 45.4 Å². The van der Waals surface area contributed by atoms with Crippen LogP contribution in [-0.4, -0.2) is 28.2 Å². The van der Waals surface area contributed by atoms with Crippen LogP contribution >= 0.6 is 0 Å². The zero-order valence-electron chi connectivity index (χ0n) is 17.8. The highest BCUT2D eigenvalue weighted by molar-refractivity contribution is 5.94. The SMILES string of the molecule is COc1ccc2c(c1)[C@H](NC(=O)c1ccc(Cn3ccnc3C)cc1)CC(C)(C)O2. The predicted molar refractivity (Wildman–Crippen MR) is 115 cm³/mol. The van der Waals surface area contributed by atoms with E-state index >= 15 is 0 Å². The lowest BCUT2D eigenvalue weighted by molar-refractivity contribution is 0.0618. The minimum atomic E-state index is -0.369. The summed E-state index contributed by atoms with van der Waals surface area (Å²) < 4.78 is 13.5. The fraction of sp³-hybridized carbons (Fsp3) is 0.333. The second kappa shape index (κ2) is 7.86. The van der Waals surface area contributed by atoms with Crippen molar-refractivity contribution in [2.24, 2.45) is 0 Å². The third-order valence-corrected chi connectivity index (χ3v) is 5.47. The Morgan fingerprint density at radius 2 is 2.03 bits per heavy atom. The number of aryl methyl sites for hydroxylation is 1. The summed E-state index contributed by atoms with van der Waals surface area (Å²) in [7, 11) is 1.63. The second-order valence-electron chi connectivity index (χ2n) is 8.29. The third kappa shape index (κ3) is 4.17. The van der Waals surface area contributed by atoms with E-state index in [1.165, 1.54) is 0 Å². The van der Waals surface area contributed by atoms with Crippen molar-refractivity contribution in [1.29, 1.82) is 0 Å². The van der Waals surface area contributed by atoms with E-state index in [9.17, 15) is 4.79 Å². The fourth-order valence-electron chi connectivity index (χ4n) is 3.86. The smallest absolute Gasteiger partial charge is 0.251 e. The highest BCUT2D eigenvalue weighted by atomic mass is 16.5. The molecule has 6 heteroatoms. The van der Waals surface area contributed by atoms with E-state index in [4.69, 9.17) is 9.47 Å². The molecular formula is C24H27N3O3. The van der Waals surface area contributed by atoms with Crippen molar-refractivity contribution in [3.8, 4) is 11.5 Å². The number of carbonyl (C=O) groups is 1. The van der Waals surface area contributed by atoms with E-state index in [-0.39, 0.29) is 17.6 Å². The number of imidazole rings is 1. The summed E-state index contributed by atoms with van der Waals surface area (Å²) in [6.07, 6.45) is 4.42. The summed E-state index contributed by atoms with van der Waals surface area (Å²) in [5.74, 6) is 2.39. The summed E-state index contributed by atoms with van der Waals surface area (Å²) in [6, 6.07) is 13.3. The zero-order valence-corrected chi connectivity index (χ0v) is 17.8. The van der Waals surface area contributed by atoms with Crippen LogP contribution in [0.3, 0.4) is 0 Å². The average Bonchev–Trinajstić information content (AvgIpc) is 3.12. The quantitative estimate of drug-likeness (QED) is 0.688. The molecule has 0 fully saturated rings. The highest BCUT2D eigenvalue weighted by Gasteiger charge is 2.35. The minimum absolute atomic E-state index is 0.100. The molecule has 0 saturated heterocycles. The number of carbonyl (C=O) groups excluding carboxylic acids is 1. The molecule has 4 rings (SSSR count). The molecule has 1 N–H and O–H groups in total. The topological polar surface area (TPSA) is 65.4 Å². The molecule has 30 heavy (non-hydrogen) atoms. The lowest BCUT2D eigenvalue weighted by Gasteiger charge is -2.38. The Morgan fingerprint density at radius 1 is 1.27 bits per heavy atom. The molecule has 1 atom stereocenters. The lowest BCUT2D eigenvalue weighted by Crippen LogP contribution is -2.41. The molecule has 0 radical (unpaired) electrons. The summed E-state index contributed by atoms with van der Waals surface area (Å²) in [4.78, 5) is 17.2. The van der Waals surface area contributed by atoms with Crippen LogP contribution in [0.5, 0.6) is 11.5 Å². The number of nitrogens with zero attached hydrogens (tertiary/aromatic N) is 2. The molecule has 2 aromatic carbocycles. The van der Waals surface area contributed by atoms with Crippen molar-refractivity contribution in [3.63, 3.8) is 0 Å². The van der Waals surface area contributed by atoms with Crippen molar-refractivity contribution < 1.29 is 14.3 Å². The van der Waals surface area contributed by atoms with Gasteiger partial charge in [-0.05, 0) is 56.7 Å². The van der Waals surface area contributed by atoms with E-state index in [0.717, 1.165) is 35.0 Å². The molecule has 1 aliphatic rings. The molecule has 156 valence electrons. The van der Waals surface area contributed by atoms with Crippen molar-refractivity contribution in [2.75, 3.05) is 7.11 Å². The van der Waals surface area contributed by atoms with Crippen LogP contribution in [0, 0.1) is 6.92 Å². The number of hydrogen-bond donors (Lipinski definition) is 1. The average molecular weight is 405 g/mol. The Bertz CT molecular complexity index is 1050. The lowest BCUT2D eigenvalue weighted by atomic mass is 9.89. The van der Waals surface area contributed by atoms with Gasteiger partial charge in [-0.2, -0.15) is 0 Å². The van der Waals surface area contributed by atoms with Crippen LogP contribution in [0.2, 0.25) is 0 Å². The molecule has 0 bridgehead atoms. The Labute approximate surface area is 176 Å². The van der Waals surface area contributed by atoms with Gasteiger partial charge < -0.3 is 19.4 Å². The van der Waals surface area contributed by atoms with Crippen LogP contribution in [-0.2, 0) is 6.54 Å². The Kier molecular flexibility index (Phi) is 5.24. The van der Waals surface area contributed by atoms with Gasteiger partial charge in [-0.1, -0.05) is 12.1 Å². The van der Waals surface area contributed by atoms with Crippen LogP contribution < -0.4 is 14.8 Å². The summed E-state index contributed by atoms with van der Waals surface area (Å²) >= 11 is 0. The maximum atomic E-state index is 13.0. The fourth-order valence-corrected chi connectivity index (χ4v) is 3.86. The van der Waals surface area contributed by atoms with E-state index in [1.54, 1.807) is 13.3 Å². The first-order valence-electron chi connectivity index (χ1n) is 10.1. The first-order chi connectivity index (χ1) is 14.3. The van der Waals surface area contributed by atoms with Gasteiger partial charge in [0.1, 0.15) is 22.9 Å². The van der Waals surface area contributed by atoms with E-state index in [2.05, 4.69) is 14.9 Å². The number of ether oxygens (including phenoxy) is 2. The molecule has 0 unspecified atom stereocenters. The van der Waals surface area contributed by atoms with Crippen LogP contribution in [0.4, 0.5) is 0 Å². The van der Waals surface area contributed by atoms with Gasteiger partial charge in [-0.3, -0.25) is 4.79 Å². The highest BCUT2D eigenvalue weighted by Crippen LogP contribution is 2.41. The molecule has 0 aliphatic carbocycles. The number of rotatable bonds is 5. The zero-order chi connectivity index (χ0) is 21.3. The first-order valence-corrected chi connectivity index (χ1v) is 10.1. The molecule has 1 amide bonds. The number of hydrogen-bond acceptors (Lipinski definition) is 4. The standard InChI is InChI=1S/C24H27N3O3/c1-16-25-11-12-27(16)15-17-5-7-18(8-6-17)23(28)26-21-14-24(2,3)30-22-10-9-19(29-4)13-20(21)22/h5-13,21H,14-15H2,1-4H3,(H,26,28)/t21-/m1/s1. The molecule has 2 heterocycles. The molecular weight excluding hydrogens is 378 g/mol. The Hall–Kier alpha value is -3.28. The number of nitrogens with one attached hydrogen (secondary N) is 1. The van der Waals surface area contributed by atoms with Crippen molar-refractivity contribution in [1.82, 2.24) is 14.9 Å². The van der Waals surface area contributed by atoms with Gasteiger partial charge in [0.15, 0.2) is 0 Å². The largest absolute Gasteiger partial charge is 0.497 e. The normalized spacial score (nSPS) is 17.0. The van der Waals surface area contributed by atoms with Crippen molar-refractivity contribution >= 4 is 5.91 Å². The van der Waals surface area contributed by atoms with Crippen LogP contribution in [0.25, 0.3) is 0 Å². The summed E-state index contributed by atoms with van der Waals surface area (Å²) in [6.45, 7) is 6.78. The molecule has 3 aromatic rings. The van der Waals surface area contributed by atoms with Crippen molar-refractivity contribution in [3.05, 3.63) is 77.4 Å². The third-order valence-electron chi connectivity index (χ3n) is 5.47. The predicted octanol–water partition coefficient (Wildman–Crippen LogP) is 4.28. The van der Waals surface area contributed by atoms with Gasteiger partial charge in [0.05, 0.1) is 13.2 Å². The number of aromatic nitrogens is 2. The van der Waals surface area contributed by atoms with Gasteiger partial charge >= 0.3 is 0 Å².